The lowest BCUT2D eigenvalue weighted by Crippen LogP contribution is -2.06. The Morgan fingerprint density at radius 1 is 1.35 bits per heavy atom. The van der Waals surface area contributed by atoms with Gasteiger partial charge in [-0.2, -0.15) is 0 Å². The molecule has 2 heterocycles. The minimum Gasteiger partial charge on any atom is -0.507 e. The number of aromatic nitrogens is 2. The molecule has 0 aliphatic carbocycles. The predicted octanol–water partition coefficient (Wildman–Crippen LogP) is 2.03. The smallest absolute Gasteiger partial charge is 0.248 e. The van der Waals surface area contributed by atoms with Gasteiger partial charge in [0.05, 0.1) is 11.0 Å². The molecule has 3 aromatic rings. The van der Waals surface area contributed by atoms with Gasteiger partial charge in [-0.15, -0.1) is 0 Å². The highest BCUT2D eigenvalue weighted by atomic mass is 16.3. The van der Waals surface area contributed by atoms with Gasteiger partial charge in [-0.05, 0) is 19.1 Å². The van der Waals surface area contributed by atoms with Crippen molar-refractivity contribution in [1.29, 1.82) is 0 Å². The van der Waals surface area contributed by atoms with Gasteiger partial charge in [0.15, 0.2) is 0 Å². The molecule has 17 heavy (non-hydrogen) atoms. The van der Waals surface area contributed by atoms with Gasteiger partial charge in [-0.1, -0.05) is 6.07 Å². The Hall–Kier alpha value is -2.23. The van der Waals surface area contributed by atoms with Gasteiger partial charge < -0.3 is 14.7 Å². The molecule has 2 aromatic heterocycles. The summed E-state index contributed by atoms with van der Waals surface area (Å²) in [5.74, 6) is 0.207. The first kappa shape index (κ1) is 9.96. The summed E-state index contributed by atoms with van der Waals surface area (Å²) in [6.45, 7) is 1.86. The number of fused-ring (bicyclic) bond motifs is 3. The molecule has 2 N–H and O–H groups in total. The molecule has 0 spiro atoms. The zero-order valence-electron chi connectivity index (χ0n) is 9.61. The van der Waals surface area contributed by atoms with E-state index in [1.807, 2.05) is 24.6 Å². The third-order valence-corrected chi connectivity index (χ3v) is 3.18. The van der Waals surface area contributed by atoms with Crippen molar-refractivity contribution in [3.63, 3.8) is 0 Å². The van der Waals surface area contributed by atoms with Crippen LogP contribution < -0.4 is 5.56 Å². The molecule has 0 saturated carbocycles. The molecular formula is C13H12N2O2. The maximum atomic E-state index is 11.5. The number of nitrogens with one attached hydrogen (secondary N) is 1. The van der Waals surface area contributed by atoms with Gasteiger partial charge in [0.25, 0.3) is 0 Å². The van der Waals surface area contributed by atoms with Crippen molar-refractivity contribution in [2.24, 2.45) is 7.05 Å². The SMILES string of the molecule is Cc1[nH]c(=O)cc2c3c(O)cccc3n(C)c12. The summed E-state index contributed by atoms with van der Waals surface area (Å²) in [6.07, 6.45) is 0. The van der Waals surface area contributed by atoms with E-state index in [0.717, 1.165) is 27.5 Å². The summed E-state index contributed by atoms with van der Waals surface area (Å²) < 4.78 is 1.98. The first-order valence-corrected chi connectivity index (χ1v) is 5.39. The molecule has 86 valence electrons. The number of rotatable bonds is 0. The van der Waals surface area contributed by atoms with E-state index < -0.39 is 0 Å². The molecule has 4 nitrogen and oxygen atoms in total. The maximum absolute atomic E-state index is 11.5. The highest BCUT2D eigenvalue weighted by molar-refractivity contribution is 6.11. The molecule has 0 unspecified atom stereocenters. The summed E-state index contributed by atoms with van der Waals surface area (Å²) in [5, 5.41) is 11.5. The van der Waals surface area contributed by atoms with E-state index in [0.29, 0.717) is 0 Å². The van der Waals surface area contributed by atoms with Crippen LogP contribution >= 0.6 is 0 Å². The minimum absolute atomic E-state index is 0.147. The number of pyridine rings is 1. The van der Waals surface area contributed by atoms with Crippen LogP contribution in [0.5, 0.6) is 5.75 Å². The van der Waals surface area contributed by atoms with Crippen LogP contribution in [-0.2, 0) is 7.05 Å². The Balaban J connectivity index is 2.75. The predicted molar refractivity (Wildman–Crippen MR) is 67.4 cm³/mol. The number of phenolic OH excluding ortho intramolecular Hbond substituents is 1. The van der Waals surface area contributed by atoms with E-state index in [4.69, 9.17) is 0 Å². The Kier molecular flexibility index (Phi) is 1.84. The summed E-state index contributed by atoms with van der Waals surface area (Å²) in [5.41, 5.74) is 2.53. The van der Waals surface area contributed by atoms with Crippen LogP contribution in [-0.4, -0.2) is 14.7 Å². The first-order chi connectivity index (χ1) is 8.09. The normalized spacial score (nSPS) is 11.4. The second-order valence-corrected chi connectivity index (χ2v) is 4.25. The highest BCUT2D eigenvalue weighted by Gasteiger charge is 2.13. The van der Waals surface area contributed by atoms with Crippen molar-refractivity contribution in [3.05, 3.63) is 40.3 Å². The van der Waals surface area contributed by atoms with E-state index in [-0.39, 0.29) is 11.3 Å². The van der Waals surface area contributed by atoms with Gasteiger partial charge in [0, 0.05) is 29.6 Å². The molecule has 0 amide bonds. The number of benzene rings is 1. The van der Waals surface area contributed by atoms with Crippen molar-refractivity contribution in [2.75, 3.05) is 0 Å². The summed E-state index contributed by atoms with van der Waals surface area (Å²) in [6, 6.07) is 6.90. The van der Waals surface area contributed by atoms with Crippen LogP contribution in [0.1, 0.15) is 5.69 Å². The number of aromatic hydroxyl groups is 1. The highest BCUT2D eigenvalue weighted by Crippen LogP contribution is 2.34. The Labute approximate surface area is 97.1 Å². The number of hydrogen-bond acceptors (Lipinski definition) is 2. The fraction of sp³-hybridized carbons (Fsp3) is 0.154. The van der Waals surface area contributed by atoms with Crippen molar-refractivity contribution in [1.82, 2.24) is 9.55 Å². The van der Waals surface area contributed by atoms with Gasteiger partial charge in [0.2, 0.25) is 5.56 Å². The van der Waals surface area contributed by atoms with E-state index in [9.17, 15) is 9.90 Å². The van der Waals surface area contributed by atoms with Gasteiger partial charge in [0.1, 0.15) is 5.75 Å². The van der Waals surface area contributed by atoms with Gasteiger partial charge >= 0.3 is 0 Å². The Bertz CT molecular complexity index is 796. The molecule has 0 aliphatic rings. The lowest BCUT2D eigenvalue weighted by atomic mass is 10.1. The summed E-state index contributed by atoms with van der Waals surface area (Å²) in [4.78, 5) is 14.3. The molecule has 3 rings (SSSR count). The number of phenols is 1. The van der Waals surface area contributed by atoms with Crippen LogP contribution in [0, 0.1) is 6.92 Å². The molecule has 1 aromatic carbocycles. The topological polar surface area (TPSA) is 58.0 Å². The third kappa shape index (κ3) is 1.21. The lowest BCUT2D eigenvalue weighted by Gasteiger charge is -2.00. The molecule has 0 fully saturated rings. The fourth-order valence-electron chi connectivity index (χ4n) is 2.51. The average molecular weight is 228 g/mol. The van der Waals surface area contributed by atoms with Crippen LogP contribution in [0.2, 0.25) is 0 Å². The Morgan fingerprint density at radius 3 is 2.88 bits per heavy atom. The van der Waals surface area contributed by atoms with Gasteiger partial charge in [-0.25, -0.2) is 0 Å². The molecular weight excluding hydrogens is 216 g/mol. The number of aryl methyl sites for hydroxylation is 2. The zero-order chi connectivity index (χ0) is 12.2. The monoisotopic (exact) mass is 228 g/mol. The fourth-order valence-corrected chi connectivity index (χ4v) is 2.51. The second-order valence-electron chi connectivity index (χ2n) is 4.25. The van der Waals surface area contributed by atoms with Crippen molar-refractivity contribution < 1.29 is 5.11 Å². The maximum Gasteiger partial charge on any atom is 0.248 e. The molecule has 0 atom stereocenters. The van der Waals surface area contributed by atoms with Crippen molar-refractivity contribution >= 4 is 21.8 Å². The number of hydrogen-bond donors (Lipinski definition) is 2. The quantitative estimate of drug-likeness (QED) is 0.618. The molecule has 4 heteroatoms. The van der Waals surface area contributed by atoms with Crippen molar-refractivity contribution in [2.45, 2.75) is 6.92 Å². The van der Waals surface area contributed by atoms with Crippen molar-refractivity contribution in [3.8, 4) is 5.75 Å². The van der Waals surface area contributed by atoms with E-state index in [1.165, 1.54) is 6.07 Å². The van der Waals surface area contributed by atoms with Crippen LogP contribution in [0.25, 0.3) is 21.8 Å². The van der Waals surface area contributed by atoms with Crippen LogP contribution in [0.3, 0.4) is 0 Å². The summed E-state index contributed by atoms with van der Waals surface area (Å²) >= 11 is 0. The molecule has 0 saturated heterocycles. The van der Waals surface area contributed by atoms with E-state index in [1.54, 1.807) is 12.1 Å². The lowest BCUT2D eigenvalue weighted by molar-refractivity contribution is 0.482. The number of nitrogens with zero attached hydrogens (tertiary/aromatic N) is 1. The van der Waals surface area contributed by atoms with Gasteiger partial charge in [-0.3, -0.25) is 4.79 Å². The molecule has 0 radical (unpaired) electrons. The first-order valence-electron chi connectivity index (χ1n) is 5.39. The number of aromatic amines is 1. The summed E-state index contributed by atoms with van der Waals surface area (Å²) in [7, 11) is 1.93. The molecule has 0 aliphatic heterocycles. The van der Waals surface area contributed by atoms with E-state index >= 15 is 0 Å². The standard InChI is InChI=1S/C13H12N2O2/c1-7-13-8(6-11(17)14-7)12-9(15(13)2)4-3-5-10(12)16/h3-6,16H,1-2H3,(H,14,17). The van der Waals surface area contributed by atoms with Crippen LogP contribution in [0.4, 0.5) is 0 Å². The third-order valence-electron chi connectivity index (χ3n) is 3.18. The largest absolute Gasteiger partial charge is 0.507 e. The average Bonchev–Trinajstić information content (AvgIpc) is 2.54. The zero-order valence-corrected chi connectivity index (χ0v) is 9.61. The minimum atomic E-state index is -0.147. The van der Waals surface area contributed by atoms with E-state index in [2.05, 4.69) is 4.98 Å². The molecule has 0 bridgehead atoms. The van der Waals surface area contributed by atoms with Crippen LogP contribution in [0.15, 0.2) is 29.1 Å². The second kappa shape index (κ2) is 3.13. The Morgan fingerprint density at radius 2 is 2.12 bits per heavy atom. The number of H-pyrrole nitrogens is 1.